The fourth-order valence-corrected chi connectivity index (χ4v) is 3.12. The molecule has 1 N–H and O–H groups in total. The van der Waals surface area contributed by atoms with Gasteiger partial charge in [0.05, 0.1) is 5.69 Å². The Morgan fingerprint density at radius 2 is 2.24 bits per heavy atom. The summed E-state index contributed by atoms with van der Waals surface area (Å²) in [4.78, 5) is 14.3. The molecule has 0 bridgehead atoms. The first-order valence-electron chi connectivity index (χ1n) is 8.17. The number of carbonyl (C=O) groups excluding carboxylic acids is 1. The van der Waals surface area contributed by atoms with Crippen LogP contribution in [0.2, 0.25) is 0 Å². The molecule has 0 saturated carbocycles. The van der Waals surface area contributed by atoms with E-state index in [-0.39, 0.29) is 6.03 Å². The number of amides is 2. The Morgan fingerprint density at radius 1 is 1.43 bits per heavy atom. The van der Waals surface area contributed by atoms with Gasteiger partial charge in [0.2, 0.25) is 0 Å². The molecule has 0 radical (unpaired) electrons. The van der Waals surface area contributed by atoms with Crippen LogP contribution in [0.3, 0.4) is 0 Å². The number of aryl methyl sites for hydroxylation is 3. The number of aromatic nitrogens is 2. The first-order valence-corrected chi connectivity index (χ1v) is 8.17. The summed E-state index contributed by atoms with van der Waals surface area (Å²) >= 11 is 0. The molecular weight excluding hydrogens is 264 g/mol. The van der Waals surface area contributed by atoms with Gasteiger partial charge in [-0.05, 0) is 52.0 Å². The molecule has 0 aromatic carbocycles. The van der Waals surface area contributed by atoms with Gasteiger partial charge < -0.3 is 10.2 Å². The van der Waals surface area contributed by atoms with E-state index in [1.165, 1.54) is 12.1 Å². The number of nitrogens with zero attached hydrogens (tertiary/aromatic N) is 3. The minimum atomic E-state index is 0.106. The zero-order chi connectivity index (χ0) is 15.2. The van der Waals surface area contributed by atoms with Gasteiger partial charge in [-0.3, -0.25) is 4.68 Å². The highest BCUT2D eigenvalue weighted by Crippen LogP contribution is 2.19. The van der Waals surface area contributed by atoms with Crippen molar-refractivity contribution in [3.05, 3.63) is 17.5 Å². The number of rotatable bonds is 5. The minimum Gasteiger partial charge on any atom is -0.338 e. The van der Waals surface area contributed by atoms with Crippen LogP contribution in [0.4, 0.5) is 4.79 Å². The quantitative estimate of drug-likeness (QED) is 0.848. The van der Waals surface area contributed by atoms with Gasteiger partial charge in [0.15, 0.2) is 0 Å². The standard InChI is InChI=1S/C16H28N4O/c1-4-15-8-5-6-10-19(15)16(21)17-9-7-11-20-14(3)12-13(2)18-20/h12,15H,4-11H2,1-3H3,(H,17,21). The molecule has 1 fully saturated rings. The molecule has 2 heterocycles. The minimum absolute atomic E-state index is 0.106. The van der Waals surface area contributed by atoms with Gasteiger partial charge in [0, 0.05) is 31.4 Å². The third-order valence-electron chi connectivity index (χ3n) is 4.29. The largest absolute Gasteiger partial charge is 0.338 e. The lowest BCUT2D eigenvalue weighted by Crippen LogP contribution is -2.48. The average Bonchev–Trinajstić information content (AvgIpc) is 2.81. The van der Waals surface area contributed by atoms with Gasteiger partial charge in [-0.25, -0.2) is 4.79 Å². The second kappa shape index (κ2) is 7.48. The molecule has 2 rings (SSSR count). The van der Waals surface area contributed by atoms with Crippen molar-refractivity contribution in [1.82, 2.24) is 20.0 Å². The van der Waals surface area contributed by atoms with Crippen molar-refractivity contribution in [2.24, 2.45) is 0 Å². The number of hydrogen-bond acceptors (Lipinski definition) is 2. The van der Waals surface area contributed by atoms with Crippen molar-refractivity contribution in [1.29, 1.82) is 0 Å². The van der Waals surface area contributed by atoms with Crippen LogP contribution in [0.15, 0.2) is 6.07 Å². The molecule has 0 aliphatic carbocycles. The molecule has 1 saturated heterocycles. The van der Waals surface area contributed by atoms with Crippen LogP contribution in [-0.2, 0) is 6.54 Å². The molecule has 1 aromatic rings. The van der Waals surface area contributed by atoms with Crippen molar-refractivity contribution < 1.29 is 4.79 Å². The zero-order valence-corrected chi connectivity index (χ0v) is 13.6. The summed E-state index contributed by atoms with van der Waals surface area (Å²) < 4.78 is 2.01. The number of likely N-dealkylation sites (tertiary alicyclic amines) is 1. The summed E-state index contributed by atoms with van der Waals surface area (Å²) in [6, 6.07) is 2.61. The normalized spacial score (nSPS) is 18.8. The molecule has 1 aliphatic rings. The number of nitrogens with one attached hydrogen (secondary N) is 1. The number of urea groups is 1. The first-order chi connectivity index (χ1) is 10.1. The fourth-order valence-electron chi connectivity index (χ4n) is 3.12. The molecule has 5 heteroatoms. The predicted octanol–water partition coefficient (Wildman–Crippen LogP) is 2.86. The highest BCUT2D eigenvalue weighted by molar-refractivity contribution is 5.74. The van der Waals surface area contributed by atoms with E-state index in [1.54, 1.807) is 0 Å². The number of hydrogen-bond donors (Lipinski definition) is 1. The van der Waals surface area contributed by atoms with Gasteiger partial charge in [0.25, 0.3) is 0 Å². The van der Waals surface area contributed by atoms with Crippen LogP contribution in [0, 0.1) is 13.8 Å². The summed E-state index contributed by atoms with van der Waals surface area (Å²) in [6.45, 7) is 8.72. The maximum absolute atomic E-state index is 12.2. The Morgan fingerprint density at radius 3 is 2.90 bits per heavy atom. The highest BCUT2D eigenvalue weighted by Gasteiger charge is 2.24. The van der Waals surface area contributed by atoms with Crippen LogP contribution in [-0.4, -0.2) is 39.8 Å². The number of piperidine rings is 1. The monoisotopic (exact) mass is 292 g/mol. The Hall–Kier alpha value is -1.52. The van der Waals surface area contributed by atoms with E-state index in [4.69, 9.17) is 0 Å². The van der Waals surface area contributed by atoms with Crippen molar-refractivity contribution >= 4 is 6.03 Å². The van der Waals surface area contributed by atoms with E-state index in [0.29, 0.717) is 12.6 Å². The molecule has 118 valence electrons. The SMILES string of the molecule is CCC1CCCCN1C(=O)NCCCn1nc(C)cc1C. The molecule has 5 nitrogen and oxygen atoms in total. The topological polar surface area (TPSA) is 50.2 Å². The van der Waals surface area contributed by atoms with Crippen LogP contribution in [0.1, 0.15) is 50.4 Å². The zero-order valence-electron chi connectivity index (χ0n) is 13.6. The van der Waals surface area contributed by atoms with Crippen molar-refractivity contribution in [2.45, 2.75) is 65.5 Å². The Labute approximate surface area is 127 Å². The summed E-state index contributed by atoms with van der Waals surface area (Å²) in [5.74, 6) is 0. The molecule has 1 atom stereocenters. The van der Waals surface area contributed by atoms with Gasteiger partial charge in [-0.2, -0.15) is 5.10 Å². The molecule has 1 unspecified atom stereocenters. The third kappa shape index (κ3) is 4.22. The van der Waals surface area contributed by atoms with Gasteiger partial charge in [0.1, 0.15) is 0 Å². The third-order valence-corrected chi connectivity index (χ3v) is 4.29. The second-order valence-corrected chi connectivity index (χ2v) is 5.99. The molecule has 2 amide bonds. The van der Waals surface area contributed by atoms with Crippen LogP contribution in [0.5, 0.6) is 0 Å². The van der Waals surface area contributed by atoms with E-state index in [9.17, 15) is 4.79 Å². The molecule has 0 spiro atoms. The maximum Gasteiger partial charge on any atom is 0.317 e. The Balaban J connectivity index is 1.72. The predicted molar refractivity (Wildman–Crippen MR) is 84.4 cm³/mol. The summed E-state index contributed by atoms with van der Waals surface area (Å²) in [7, 11) is 0. The van der Waals surface area contributed by atoms with Gasteiger partial charge >= 0.3 is 6.03 Å². The lowest BCUT2D eigenvalue weighted by molar-refractivity contribution is 0.148. The van der Waals surface area contributed by atoms with E-state index >= 15 is 0 Å². The molecule has 21 heavy (non-hydrogen) atoms. The maximum atomic E-state index is 12.2. The summed E-state index contributed by atoms with van der Waals surface area (Å²) in [5.41, 5.74) is 2.23. The van der Waals surface area contributed by atoms with Crippen molar-refractivity contribution in [3.63, 3.8) is 0 Å². The van der Waals surface area contributed by atoms with E-state index in [1.807, 2.05) is 16.5 Å². The summed E-state index contributed by atoms with van der Waals surface area (Å²) in [5, 5.41) is 7.49. The Bertz CT molecular complexity index is 469. The fraction of sp³-hybridized carbons (Fsp3) is 0.750. The summed E-state index contributed by atoms with van der Waals surface area (Å²) in [6.07, 6.45) is 5.50. The van der Waals surface area contributed by atoms with E-state index in [0.717, 1.165) is 44.5 Å². The van der Waals surface area contributed by atoms with Crippen LogP contribution in [0.25, 0.3) is 0 Å². The molecule has 1 aliphatic heterocycles. The molecular formula is C16H28N4O. The van der Waals surface area contributed by atoms with E-state index < -0.39 is 0 Å². The van der Waals surface area contributed by atoms with Crippen molar-refractivity contribution in [3.8, 4) is 0 Å². The van der Waals surface area contributed by atoms with Crippen molar-refractivity contribution in [2.75, 3.05) is 13.1 Å². The lowest BCUT2D eigenvalue weighted by atomic mass is 10.0. The number of carbonyl (C=O) groups is 1. The smallest absolute Gasteiger partial charge is 0.317 e. The average molecular weight is 292 g/mol. The second-order valence-electron chi connectivity index (χ2n) is 5.99. The van der Waals surface area contributed by atoms with E-state index in [2.05, 4.69) is 30.3 Å². The molecule has 1 aromatic heterocycles. The van der Waals surface area contributed by atoms with Crippen LogP contribution < -0.4 is 5.32 Å². The lowest BCUT2D eigenvalue weighted by Gasteiger charge is -2.35. The first kappa shape index (κ1) is 15.9. The van der Waals surface area contributed by atoms with Crippen LogP contribution >= 0.6 is 0 Å². The Kier molecular flexibility index (Phi) is 5.65. The van der Waals surface area contributed by atoms with Gasteiger partial charge in [-0.1, -0.05) is 6.92 Å². The van der Waals surface area contributed by atoms with Gasteiger partial charge in [-0.15, -0.1) is 0 Å². The highest BCUT2D eigenvalue weighted by atomic mass is 16.2.